The molecular weight excluding hydrogens is 316 g/mol. The summed E-state index contributed by atoms with van der Waals surface area (Å²) in [6.45, 7) is 10.5. The molecule has 0 aromatic carbocycles. The molecule has 0 saturated heterocycles. The van der Waals surface area contributed by atoms with Crippen LogP contribution in [0.15, 0.2) is 39.7 Å². The van der Waals surface area contributed by atoms with Crippen molar-refractivity contribution in [3.8, 4) is 0 Å². The number of amides is 1. The van der Waals surface area contributed by atoms with Crippen LogP contribution in [0.5, 0.6) is 0 Å². The van der Waals surface area contributed by atoms with Crippen molar-refractivity contribution in [2.45, 2.75) is 53.1 Å². The number of carbonyl (C=O) groups excluding carboxylic acids is 1. The molecule has 1 amide bonds. The lowest BCUT2D eigenvalue weighted by molar-refractivity contribution is 0.0608. The second kappa shape index (κ2) is 7.72. The number of hydrogen-bond donors (Lipinski definition) is 0. The third kappa shape index (κ3) is 4.03. The molecule has 0 aliphatic heterocycles. The van der Waals surface area contributed by atoms with Gasteiger partial charge >= 0.3 is 0 Å². The first-order chi connectivity index (χ1) is 11.7. The van der Waals surface area contributed by atoms with Crippen molar-refractivity contribution >= 4 is 5.91 Å². The van der Waals surface area contributed by atoms with Gasteiger partial charge in [0.1, 0.15) is 11.3 Å². The Morgan fingerprint density at radius 2 is 1.84 bits per heavy atom. The second-order valence-corrected chi connectivity index (χ2v) is 7.19. The van der Waals surface area contributed by atoms with Gasteiger partial charge in [-0.05, 0) is 43.0 Å². The molecule has 136 valence electrons. The lowest BCUT2D eigenvalue weighted by Crippen LogP contribution is -2.43. The number of furan rings is 1. The van der Waals surface area contributed by atoms with E-state index in [-0.39, 0.29) is 34.9 Å². The van der Waals surface area contributed by atoms with Gasteiger partial charge in [-0.15, -0.1) is 0 Å². The van der Waals surface area contributed by atoms with E-state index in [2.05, 4.69) is 13.8 Å². The maximum Gasteiger partial charge on any atom is 0.263 e. The van der Waals surface area contributed by atoms with E-state index < -0.39 is 0 Å². The van der Waals surface area contributed by atoms with Gasteiger partial charge in [0.05, 0.1) is 12.8 Å². The Hall–Kier alpha value is -2.30. The Balaban J connectivity index is 2.42. The van der Waals surface area contributed by atoms with Crippen LogP contribution in [0.25, 0.3) is 0 Å². The van der Waals surface area contributed by atoms with Gasteiger partial charge in [0, 0.05) is 18.8 Å². The monoisotopic (exact) mass is 344 g/mol. The SMILES string of the molecule is CC(C)c1ccc(C(=O)N(Cc2ccco2)[C@H](C)C(C)C)c(=O)n1C. The first kappa shape index (κ1) is 19.0. The van der Waals surface area contributed by atoms with Crippen LogP contribution in [0.2, 0.25) is 0 Å². The van der Waals surface area contributed by atoms with Crippen molar-refractivity contribution in [2.75, 3.05) is 0 Å². The predicted molar refractivity (Wildman–Crippen MR) is 98.7 cm³/mol. The second-order valence-electron chi connectivity index (χ2n) is 7.19. The molecule has 2 heterocycles. The smallest absolute Gasteiger partial charge is 0.263 e. The summed E-state index contributed by atoms with van der Waals surface area (Å²) < 4.78 is 6.98. The van der Waals surface area contributed by atoms with E-state index in [4.69, 9.17) is 4.42 Å². The number of carbonyl (C=O) groups is 1. The summed E-state index contributed by atoms with van der Waals surface area (Å²) >= 11 is 0. The minimum atomic E-state index is -0.256. The van der Waals surface area contributed by atoms with Gasteiger partial charge in [0.25, 0.3) is 11.5 Å². The molecule has 5 heteroatoms. The van der Waals surface area contributed by atoms with Crippen LogP contribution in [0.3, 0.4) is 0 Å². The van der Waals surface area contributed by atoms with Crippen molar-refractivity contribution in [1.82, 2.24) is 9.47 Å². The molecular formula is C20H28N2O3. The van der Waals surface area contributed by atoms with Crippen LogP contribution in [-0.2, 0) is 13.6 Å². The summed E-state index contributed by atoms with van der Waals surface area (Å²) in [5, 5.41) is 0. The highest BCUT2D eigenvalue weighted by Gasteiger charge is 2.27. The summed E-state index contributed by atoms with van der Waals surface area (Å²) in [6, 6.07) is 7.14. The third-order valence-electron chi connectivity index (χ3n) is 4.79. The zero-order valence-electron chi connectivity index (χ0n) is 15.9. The standard InChI is InChI=1S/C20H28N2O3/c1-13(2)15(5)22(12-16-8-7-11-25-16)20(24)17-9-10-18(14(3)4)21(6)19(17)23/h7-11,13-15H,12H2,1-6H3/t15-/m1/s1. The highest BCUT2D eigenvalue weighted by molar-refractivity contribution is 5.94. The quantitative estimate of drug-likeness (QED) is 0.801. The van der Waals surface area contributed by atoms with Crippen molar-refractivity contribution in [3.05, 3.63) is 57.9 Å². The maximum absolute atomic E-state index is 13.1. The maximum atomic E-state index is 13.1. The average Bonchev–Trinajstić information content (AvgIpc) is 3.06. The zero-order chi connectivity index (χ0) is 18.7. The molecule has 0 saturated carbocycles. The van der Waals surface area contributed by atoms with Crippen LogP contribution in [-0.4, -0.2) is 21.4 Å². The number of pyridine rings is 1. The van der Waals surface area contributed by atoms with Crippen LogP contribution in [0.1, 0.15) is 62.3 Å². The topological polar surface area (TPSA) is 55.5 Å². The lowest BCUT2D eigenvalue weighted by Gasteiger charge is -2.31. The first-order valence-corrected chi connectivity index (χ1v) is 8.77. The summed E-state index contributed by atoms with van der Waals surface area (Å²) in [6.07, 6.45) is 1.59. The fourth-order valence-electron chi connectivity index (χ4n) is 2.88. The highest BCUT2D eigenvalue weighted by atomic mass is 16.3. The Labute approximate surface area is 149 Å². The Kier molecular flexibility index (Phi) is 5.88. The summed E-state index contributed by atoms with van der Waals surface area (Å²) in [4.78, 5) is 27.6. The molecule has 2 aromatic rings. The van der Waals surface area contributed by atoms with E-state index in [9.17, 15) is 9.59 Å². The van der Waals surface area contributed by atoms with E-state index in [1.165, 1.54) is 0 Å². The fraction of sp³-hybridized carbons (Fsp3) is 0.500. The van der Waals surface area contributed by atoms with E-state index >= 15 is 0 Å². The van der Waals surface area contributed by atoms with Crippen molar-refractivity contribution in [1.29, 1.82) is 0 Å². The van der Waals surface area contributed by atoms with E-state index in [1.807, 2.05) is 32.9 Å². The Bertz CT molecular complexity index is 773. The van der Waals surface area contributed by atoms with Crippen molar-refractivity contribution in [3.63, 3.8) is 0 Å². The van der Waals surface area contributed by atoms with Gasteiger partial charge < -0.3 is 13.9 Å². The molecule has 0 radical (unpaired) electrons. The van der Waals surface area contributed by atoms with Gasteiger partial charge in [-0.2, -0.15) is 0 Å². The van der Waals surface area contributed by atoms with Gasteiger partial charge in [0.2, 0.25) is 0 Å². The minimum absolute atomic E-state index is 0.0212. The number of nitrogens with zero attached hydrogens (tertiary/aromatic N) is 2. The van der Waals surface area contributed by atoms with Crippen LogP contribution in [0.4, 0.5) is 0 Å². The first-order valence-electron chi connectivity index (χ1n) is 8.77. The number of aromatic nitrogens is 1. The minimum Gasteiger partial charge on any atom is -0.467 e. The predicted octanol–water partition coefficient (Wildman–Crippen LogP) is 3.79. The summed E-state index contributed by atoms with van der Waals surface area (Å²) in [5.74, 6) is 0.929. The van der Waals surface area contributed by atoms with E-state index in [1.54, 1.807) is 34.9 Å². The molecule has 0 aliphatic rings. The van der Waals surface area contributed by atoms with Gasteiger partial charge in [-0.1, -0.05) is 27.7 Å². The number of hydrogen-bond acceptors (Lipinski definition) is 3. The zero-order valence-corrected chi connectivity index (χ0v) is 15.9. The Morgan fingerprint density at radius 3 is 2.36 bits per heavy atom. The molecule has 0 spiro atoms. The van der Waals surface area contributed by atoms with Crippen LogP contribution < -0.4 is 5.56 Å². The highest BCUT2D eigenvalue weighted by Crippen LogP contribution is 2.18. The van der Waals surface area contributed by atoms with Crippen LogP contribution >= 0.6 is 0 Å². The van der Waals surface area contributed by atoms with E-state index in [0.29, 0.717) is 12.3 Å². The average molecular weight is 344 g/mol. The van der Waals surface area contributed by atoms with Crippen molar-refractivity contribution in [2.24, 2.45) is 13.0 Å². The summed E-state index contributed by atoms with van der Waals surface area (Å²) in [7, 11) is 1.72. The Morgan fingerprint density at radius 1 is 1.16 bits per heavy atom. The molecule has 5 nitrogen and oxygen atoms in total. The van der Waals surface area contributed by atoms with E-state index in [0.717, 1.165) is 5.69 Å². The molecule has 2 aromatic heterocycles. The molecule has 0 aliphatic carbocycles. The molecule has 0 bridgehead atoms. The molecule has 0 fully saturated rings. The molecule has 0 N–H and O–H groups in total. The van der Waals surface area contributed by atoms with Crippen LogP contribution in [0, 0.1) is 5.92 Å². The lowest BCUT2D eigenvalue weighted by atomic mass is 10.0. The molecule has 1 atom stereocenters. The van der Waals surface area contributed by atoms with Gasteiger partial charge in [0.15, 0.2) is 0 Å². The largest absolute Gasteiger partial charge is 0.467 e. The summed E-state index contributed by atoms with van der Waals surface area (Å²) in [5.41, 5.74) is 0.860. The van der Waals surface area contributed by atoms with Gasteiger partial charge in [-0.25, -0.2) is 0 Å². The fourth-order valence-corrected chi connectivity index (χ4v) is 2.88. The molecule has 2 rings (SSSR count). The normalized spacial score (nSPS) is 12.6. The molecule has 25 heavy (non-hydrogen) atoms. The third-order valence-corrected chi connectivity index (χ3v) is 4.79. The number of rotatable bonds is 6. The molecule has 0 unspecified atom stereocenters. The van der Waals surface area contributed by atoms with Gasteiger partial charge in [-0.3, -0.25) is 9.59 Å². The van der Waals surface area contributed by atoms with Crippen molar-refractivity contribution < 1.29 is 9.21 Å².